The minimum atomic E-state index is -0.236. The van der Waals surface area contributed by atoms with Crippen LogP contribution in [0.1, 0.15) is 44.6 Å². The molecule has 3 nitrogen and oxygen atoms in total. The molecule has 0 radical (unpaired) electrons. The lowest BCUT2D eigenvalue weighted by atomic mass is 10.1. The molecule has 0 bridgehead atoms. The Bertz CT molecular complexity index is 419. The number of halogens is 1. The third-order valence-corrected chi connectivity index (χ3v) is 3.65. The van der Waals surface area contributed by atoms with Gasteiger partial charge in [0, 0.05) is 19.2 Å². The Hall–Kier alpha value is -1.13. The fourth-order valence-electron chi connectivity index (χ4n) is 2.59. The molecule has 1 N–H and O–H groups in total. The zero-order valence-electron chi connectivity index (χ0n) is 12.9. The lowest BCUT2D eigenvalue weighted by Gasteiger charge is -2.11. The van der Waals surface area contributed by atoms with Gasteiger partial charge in [0.2, 0.25) is 0 Å². The molecule has 0 amide bonds. The SMILES string of the molecule is CCCNCc1cc(F)cc(OCCCC2CCCO2)c1. The first-order valence-corrected chi connectivity index (χ1v) is 8.02. The molecule has 1 fully saturated rings. The zero-order valence-corrected chi connectivity index (χ0v) is 12.9. The van der Waals surface area contributed by atoms with Crippen molar-refractivity contribution in [2.24, 2.45) is 0 Å². The number of rotatable bonds is 9. The Labute approximate surface area is 126 Å². The molecule has 1 saturated heterocycles. The summed E-state index contributed by atoms with van der Waals surface area (Å²) in [6, 6.07) is 4.93. The van der Waals surface area contributed by atoms with E-state index in [0.717, 1.165) is 44.4 Å². The average Bonchev–Trinajstić information content (AvgIpc) is 2.97. The van der Waals surface area contributed by atoms with Gasteiger partial charge in [-0.1, -0.05) is 6.92 Å². The van der Waals surface area contributed by atoms with Crippen molar-refractivity contribution >= 4 is 0 Å². The minimum absolute atomic E-state index is 0.236. The zero-order chi connectivity index (χ0) is 14.9. The molecule has 1 heterocycles. The van der Waals surface area contributed by atoms with E-state index in [1.807, 2.05) is 6.07 Å². The van der Waals surface area contributed by atoms with Gasteiger partial charge in [0.15, 0.2) is 0 Å². The van der Waals surface area contributed by atoms with Gasteiger partial charge < -0.3 is 14.8 Å². The van der Waals surface area contributed by atoms with Gasteiger partial charge in [-0.05, 0) is 56.3 Å². The first-order valence-electron chi connectivity index (χ1n) is 8.02. The van der Waals surface area contributed by atoms with Crippen LogP contribution in [-0.4, -0.2) is 25.9 Å². The van der Waals surface area contributed by atoms with Crippen molar-refractivity contribution in [1.29, 1.82) is 0 Å². The lowest BCUT2D eigenvalue weighted by Crippen LogP contribution is -2.14. The molecule has 0 aliphatic carbocycles. The molecular weight excluding hydrogens is 269 g/mol. The molecule has 1 atom stereocenters. The van der Waals surface area contributed by atoms with E-state index in [9.17, 15) is 4.39 Å². The predicted octanol–water partition coefficient (Wildman–Crippen LogP) is 3.66. The van der Waals surface area contributed by atoms with Crippen molar-refractivity contribution in [3.63, 3.8) is 0 Å². The third-order valence-electron chi connectivity index (χ3n) is 3.65. The van der Waals surface area contributed by atoms with Crippen molar-refractivity contribution in [1.82, 2.24) is 5.32 Å². The molecule has 2 rings (SSSR count). The molecule has 1 unspecified atom stereocenters. The molecule has 4 heteroatoms. The molecule has 1 aliphatic rings. The van der Waals surface area contributed by atoms with Gasteiger partial charge in [-0.2, -0.15) is 0 Å². The van der Waals surface area contributed by atoms with Gasteiger partial charge in [0.1, 0.15) is 11.6 Å². The summed E-state index contributed by atoms with van der Waals surface area (Å²) in [5.74, 6) is 0.385. The van der Waals surface area contributed by atoms with Crippen LogP contribution in [0.4, 0.5) is 4.39 Å². The van der Waals surface area contributed by atoms with E-state index in [4.69, 9.17) is 9.47 Å². The number of nitrogens with one attached hydrogen (secondary N) is 1. The van der Waals surface area contributed by atoms with E-state index < -0.39 is 0 Å². The first-order chi connectivity index (χ1) is 10.3. The molecular formula is C17H26FNO2. The summed E-state index contributed by atoms with van der Waals surface area (Å²) in [7, 11) is 0. The summed E-state index contributed by atoms with van der Waals surface area (Å²) >= 11 is 0. The predicted molar refractivity (Wildman–Crippen MR) is 82.1 cm³/mol. The Balaban J connectivity index is 1.73. The van der Waals surface area contributed by atoms with Gasteiger partial charge >= 0.3 is 0 Å². The van der Waals surface area contributed by atoms with Gasteiger partial charge in [-0.25, -0.2) is 4.39 Å². The Morgan fingerprint density at radius 2 is 2.29 bits per heavy atom. The molecule has 1 aliphatic heterocycles. The third kappa shape index (κ3) is 6.02. The Morgan fingerprint density at radius 3 is 3.05 bits per heavy atom. The summed E-state index contributed by atoms with van der Waals surface area (Å²) < 4.78 is 24.8. The number of hydrogen-bond acceptors (Lipinski definition) is 3. The second-order valence-electron chi connectivity index (χ2n) is 5.60. The van der Waals surface area contributed by atoms with E-state index in [1.54, 1.807) is 6.07 Å². The Morgan fingerprint density at radius 1 is 1.38 bits per heavy atom. The van der Waals surface area contributed by atoms with E-state index >= 15 is 0 Å². The van der Waals surface area contributed by atoms with Gasteiger partial charge in [-0.3, -0.25) is 0 Å². The summed E-state index contributed by atoms with van der Waals surface area (Å²) in [6.45, 7) is 5.24. The highest BCUT2D eigenvalue weighted by molar-refractivity contribution is 5.29. The van der Waals surface area contributed by atoms with Gasteiger partial charge in [-0.15, -0.1) is 0 Å². The lowest BCUT2D eigenvalue weighted by molar-refractivity contribution is 0.0981. The number of benzene rings is 1. The van der Waals surface area contributed by atoms with Crippen molar-refractivity contribution in [3.05, 3.63) is 29.6 Å². The average molecular weight is 295 g/mol. The largest absolute Gasteiger partial charge is 0.493 e. The normalized spacial score (nSPS) is 18.1. The highest BCUT2D eigenvalue weighted by Crippen LogP contribution is 2.19. The maximum Gasteiger partial charge on any atom is 0.127 e. The van der Waals surface area contributed by atoms with Crippen LogP contribution in [-0.2, 0) is 11.3 Å². The molecule has 21 heavy (non-hydrogen) atoms. The van der Waals surface area contributed by atoms with Gasteiger partial charge in [0.25, 0.3) is 0 Å². The Kier molecular flexibility index (Phi) is 6.96. The summed E-state index contributed by atoms with van der Waals surface area (Å²) in [5.41, 5.74) is 0.928. The molecule has 1 aromatic carbocycles. The van der Waals surface area contributed by atoms with E-state index in [-0.39, 0.29) is 5.82 Å². The molecule has 0 aromatic heterocycles. The second kappa shape index (κ2) is 9.00. The van der Waals surface area contributed by atoms with Crippen LogP contribution in [0.5, 0.6) is 5.75 Å². The summed E-state index contributed by atoms with van der Waals surface area (Å²) in [6.07, 6.45) is 5.78. The standard InChI is InChI=1S/C17H26FNO2/c1-2-7-19-13-14-10-15(18)12-17(11-14)21-9-4-6-16-5-3-8-20-16/h10-12,16,19H,2-9,13H2,1H3. The number of hydrogen-bond donors (Lipinski definition) is 1. The van der Waals surface area contributed by atoms with Crippen LogP contribution >= 0.6 is 0 Å². The van der Waals surface area contributed by atoms with Crippen LogP contribution in [0.3, 0.4) is 0 Å². The minimum Gasteiger partial charge on any atom is -0.493 e. The highest BCUT2D eigenvalue weighted by Gasteiger charge is 2.14. The molecule has 0 spiro atoms. The van der Waals surface area contributed by atoms with E-state index in [0.29, 0.717) is 25.0 Å². The maximum absolute atomic E-state index is 13.6. The second-order valence-corrected chi connectivity index (χ2v) is 5.60. The van der Waals surface area contributed by atoms with Crippen molar-refractivity contribution in [2.75, 3.05) is 19.8 Å². The van der Waals surface area contributed by atoms with Crippen LogP contribution in [0.15, 0.2) is 18.2 Å². The highest BCUT2D eigenvalue weighted by atomic mass is 19.1. The molecule has 1 aromatic rings. The van der Waals surface area contributed by atoms with Crippen LogP contribution in [0, 0.1) is 5.82 Å². The van der Waals surface area contributed by atoms with Crippen LogP contribution < -0.4 is 10.1 Å². The summed E-state index contributed by atoms with van der Waals surface area (Å²) in [5, 5.41) is 3.27. The quantitative estimate of drug-likeness (QED) is 0.705. The first kappa shape index (κ1) is 16.2. The fourth-order valence-corrected chi connectivity index (χ4v) is 2.59. The van der Waals surface area contributed by atoms with E-state index in [2.05, 4.69) is 12.2 Å². The van der Waals surface area contributed by atoms with Crippen molar-refractivity contribution in [2.45, 2.75) is 51.7 Å². The monoisotopic (exact) mass is 295 g/mol. The molecule has 0 saturated carbocycles. The number of ether oxygens (including phenoxy) is 2. The van der Waals surface area contributed by atoms with Crippen molar-refractivity contribution < 1.29 is 13.9 Å². The maximum atomic E-state index is 13.6. The van der Waals surface area contributed by atoms with Crippen molar-refractivity contribution in [3.8, 4) is 5.75 Å². The van der Waals surface area contributed by atoms with E-state index in [1.165, 1.54) is 12.5 Å². The molecule has 118 valence electrons. The smallest absolute Gasteiger partial charge is 0.127 e. The van der Waals surface area contributed by atoms with Crippen LogP contribution in [0.25, 0.3) is 0 Å². The van der Waals surface area contributed by atoms with Gasteiger partial charge in [0.05, 0.1) is 12.7 Å². The summed E-state index contributed by atoms with van der Waals surface area (Å²) in [4.78, 5) is 0. The topological polar surface area (TPSA) is 30.5 Å². The fraction of sp³-hybridized carbons (Fsp3) is 0.647. The van der Waals surface area contributed by atoms with Crippen LogP contribution in [0.2, 0.25) is 0 Å².